The number of nitrogens with two attached hydrogens (primary N) is 1. The minimum Gasteiger partial charge on any atom is -0.327 e. The first-order valence-electron chi connectivity index (χ1n) is 5.39. The molecule has 3 atom stereocenters. The van der Waals surface area contributed by atoms with E-state index in [1.807, 2.05) is 0 Å². The topological polar surface area (TPSA) is 26.0 Å². The molecule has 0 amide bonds. The zero-order valence-electron chi connectivity index (χ0n) is 8.72. The van der Waals surface area contributed by atoms with Crippen LogP contribution in [0.3, 0.4) is 0 Å². The second kappa shape index (κ2) is 4.27. The number of hydrogen-bond acceptors (Lipinski definition) is 1. The van der Waals surface area contributed by atoms with Gasteiger partial charge in [-0.15, -0.1) is 0 Å². The molecule has 0 aromatic heterocycles. The second-order valence-corrected chi connectivity index (χ2v) is 4.75. The Morgan fingerprint density at radius 3 is 2.08 bits per heavy atom. The summed E-state index contributed by atoms with van der Waals surface area (Å²) >= 11 is 0. The van der Waals surface area contributed by atoms with Gasteiger partial charge in [0, 0.05) is 6.04 Å². The molecule has 0 aromatic rings. The van der Waals surface area contributed by atoms with E-state index in [0.717, 1.165) is 24.2 Å². The average Bonchev–Trinajstić information content (AvgIpc) is 2.01. The summed E-state index contributed by atoms with van der Waals surface area (Å²) in [4.78, 5) is 0. The Bertz CT molecular complexity index is 123. The third kappa shape index (κ3) is 2.48. The maximum Gasteiger partial charge on any atom is 0.00647 e. The molecule has 1 nitrogen and oxygen atoms in total. The van der Waals surface area contributed by atoms with Crippen molar-refractivity contribution in [2.45, 2.75) is 52.5 Å². The smallest absolute Gasteiger partial charge is 0.00647 e. The van der Waals surface area contributed by atoms with Gasteiger partial charge in [0.2, 0.25) is 0 Å². The van der Waals surface area contributed by atoms with E-state index >= 15 is 0 Å². The van der Waals surface area contributed by atoms with Crippen LogP contribution in [-0.2, 0) is 0 Å². The van der Waals surface area contributed by atoms with Crippen molar-refractivity contribution < 1.29 is 0 Å². The maximum atomic E-state index is 6.07. The molecule has 1 fully saturated rings. The Labute approximate surface area is 76.7 Å². The highest BCUT2D eigenvalue weighted by molar-refractivity contribution is 4.80. The number of rotatable bonds is 2. The van der Waals surface area contributed by atoms with Crippen molar-refractivity contribution in [3.63, 3.8) is 0 Å². The van der Waals surface area contributed by atoms with Gasteiger partial charge in [0.05, 0.1) is 0 Å². The molecule has 0 aromatic carbocycles. The van der Waals surface area contributed by atoms with Crippen LogP contribution in [0.15, 0.2) is 0 Å². The molecule has 1 aliphatic carbocycles. The summed E-state index contributed by atoms with van der Waals surface area (Å²) in [6, 6.07) is 0.454. The fraction of sp³-hybridized carbons (Fsp3) is 1.00. The summed E-state index contributed by atoms with van der Waals surface area (Å²) in [5.41, 5.74) is 6.07. The largest absolute Gasteiger partial charge is 0.327 e. The molecule has 0 aliphatic heterocycles. The van der Waals surface area contributed by atoms with Crippen LogP contribution >= 0.6 is 0 Å². The summed E-state index contributed by atoms with van der Waals surface area (Å²) in [7, 11) is 0. The van der Waals surface area contributed by atoms with Crippen LogP contribution in [0.4, 0.5) is 0 Å². The molecule has 0 heterocycles. The average molecular weight is 169 g/mol. The van der Waals surface area contributed by atoms with Gasteiger partial charge in [0.15, 0.2) is 0 Å². The highest BCUT2D eigenvalue weighted by Gasteiger charge is 2.26. The van der Waals surface area contributed by atoms with Gasteiger partial charge in [-0.05, 0) is 43.4 Å². The monoisotopic (exact) mass is 169 g/mol. The third-order valence-corrected chi connectivity index (χ3v) is 3.29. The van der Waals surface area contributed by atoms with Gasteiger partial charge < -0.3 is 5.73 Å². The summed E-state index contributed by atoms with van der Waals surface area (Å²) in [6.07, 6.45) is 5.27. The Morgan fingerprint density at radius 1 is 1.17 bits per heavy atom. The van der Waals surface area contributed by atoms with Gasteiger partial charge in [-0.1, -0.05) is 20.8 Å². The summed E-state index contributed by atoms with van der Waals surface area (Å²) < 4.78 is 0. The van der Waals surface area contributed by atoms with Crippen molar-refractivity contribution in [1.29, 1.82) is 0 Å². The van der Waals surface area contributed by atoms with Crippen LogP contribution in [-0.4, -0.2) is 6.04 Å². The lowest BCUT2D eigenvalue weighted by Gasteiger charge is -2.34. The lowest BCUT2D eigenvalue weighted by molar-refractivity contribution is 0.190. The molecule has 12 heavy (non-hydrogen) atoms. The van der Waals surface area contributed by atoms with E-state index in [0.29, 0.717) is 6.04 Å². The minimum atomic E-state index is 0.454. The van der Waals surface area contributed by atoms with E-state index < -0.39 is 0 Å². The molecule has 3 unspecified atom stereocenters. The molecule has 1 rings (SSSR count). The van der Waals surface area contributed by atoms with Gasteiger partial charge in [0.25, 0.3) is 0 Å². The molecule has 0 bridgehead atoms. The number of hydrogen-bond donors (Lipinski definition) is 1. The maximum absolute atomic E-state index is 6.07. The normalized spacial score (nSPS) is 39.5. The van der Waals surface area contributed by atoms with E-state index in [1.165, 1.54) is 19.3 Å². The van der Waals surface area contributed by atoms with Crippen molar-refractivity contribution in [3.8, 4) is 0 Å². The van der Waals surface area contributed by atoms with Crippen LogP contribution in [0, 0.1) is 17.8 Å². The molecule has 1 heteroatoms. The zero-order valence-corrected chi connectivity index (χ0v) is 8.72. The Morgan fingerprint density at radius 2 is 1.67 bits per heavy atom. The lowest BCUT2D eigenvalue weighted by atomic mass is 9.73. The van der Waals surface area contributed by atoms with Crippen LogP contribution in [0.2, 0.25) is 0 Å². The molecule has 0 spiro atoms. The first-order chi connectivity index (χ1) is 5.63. The Kier molecular flexibility index (Phi) is 3.57. The molecule has 1 saturated carbocycles. The first kappa shape index (κ1) is 10.0. The highest BCUT2D eigenvalue weighted by atomic mass is 14.6. The van der Waals surface area contributed by atoms with E-state index in [1.54, 1.807) is 0 Å². The van der Waals surface area contributed by atoms with Crippen LogP contribution in [0.1, 0.15) is 46.5 Å². The SMILES string of the molecule is CCC(N)C1CC(C)CC(C)C1. The van der Waals surface area contributed by atoms with Gasteiger partial charge in [-0.3, -0.25) is 0 Å². The predicted molar refractivity (Wildman–Crippen MR) is 53.9 cm³/mol. The quantitative estimate of drug-likeness (QED) is 0.676. The van der Waals surface area contributed by atoms with Crippen molar-refractivity contribution in [3.05, 3.63) is 0 Å². The summed E-state index contributed by atoms with van der Waals surface area (Å²) in [6.45, 7) is 6.94. The minimum absolute atomic E-state index is 0.454. The van der Waals surface area contributed by atoms with Crippen LogP contribution in [0.25, 0.3) is 0 Å². The van der Waals surface area contributed by atoms with E-state index in [-0.39, 0.29) is 0 Å². The van der Waals surface area contributed by atoms with E-state index in [4.69, 9.17) is 5.73 Å². The van der Waals surface area contributed by atoms with Gasteiger partial charge in [-0.2, -0.15) is 0 Å². The predicted octanol–water partition coefficient (Wildman–Crippen LogP) is 2.80. The van der Waals surface area contributed by atoms with Crippen LogP contribution in [0.5, 0.6) is 0 Å². The molecule has 0 radical (unpaired) electrons. The fourth-order valence-corrected chi connectivity index (χ4v) is 2.69. The van der Waals surface area contributed by atoms with Crippen molar-refractivity contribution in [2.24, 2.45) is 23.5 Å². The van der Waals surface area contributed by atoms with Gasteiger partial charge in [0.1, 0.15) is 0 Å². The Hall–Kier alpha value is -0.0400. The first-order valence-corrected chi connectivity index (χ1v) is 5.39. The lowest BCUT2D eigenvalue weighted by Crippen LogP contribution is -2.34. The molecular weight excluding hydrogens is 146 g/mol. The van der Waals surface area contributed by atoms with E-state index in [2.05, 4.69) is 20.8 Å². The third-order valence-electron chi connectivity index (χ3n) is 3.29. The second-order valence-electron chi connectivity index (χ2n) is 4.75. The zero-order chi connectivity index (χ0) is 9.14. The van der Waals surface area contributed by atoms with Crippen molar-refractivity contribution in [2.75, 3.05) is 0 Å². The molecule has 72 valence electrons. The van der Waals surface area contributed by atoms with Crippen LogP contribution < -0.4 is 5.73 Å². The highest BCUT2D eigenvalue weighted by Crippen LogP contribution is 2.34. The van der Waals surface area contributed by atoms with Crippen molar-refractivity contribution in [1.82, 2.24) is 0 Å². The summed E-state index contributed by atoms with van der Waals surface area (Å²) in [5.74, 6) is 2.60. The van der Waals surface area contributed by atoms with E-state index in [9.17, 15) is 0 Å². The molecule has 0 saturated heterocycles. The molecule has 2 N–H and O–H groups in total. The Balaban J connectivity index is 2.43. The standard InChI is InChI=1S/C11H23N/c1-4-11(12)10-6-8(2)5-9(3)7-10/h8-11H,4-7,12H2,1-3H3. The summed E-state index contributed by atoms with van der Waals surface area (Å²) in [5, 5.41) is 0. The van der Waals surface area contributed by atoms with Gasteiger partial charge >= 0.3 is 0 Å². The van der Waals surface area contributed by atoms with Crippen molar-refractivity contribution >= 4 is 0 Å². The molecule has 1 aliphatic rings. The fourth-order valence-electron chi connectivity index (χ4n) is 2.69. The molecular formula is C11H23N. The van der Waals surface area contributed by atoms with Gasteiger partial charge in [-0.25, -0.2) is 0 Å².